The molecule has 0 spiro atoms. The zero-order valence-electron chi connectivity index (χ0n) is 12.7. The first-order valence-corrected chi connectivity index (χ1v) is 7.21. The molecule has 0 bridgehead atoms. The SMILES string of the molecule is C[C@H](c1ccccn1)N(C)Cc1cc(-c2ccncc2)no1. The highest BCUT2D eigenvalue weighted by Gasteiger charge is 2.15. The van der Waals surface area contributed by atoms with Gasteiger partial charge in [0.05, 0.1) is 12.2 Å². The minimum atomic E-state index is 0.204. The van der Waals surface area contributed by atoms with Crippen molar-refractivity contribution in [3.63, 3.8) is 0 Å². The van der Waals surface area contributed by atoms with E-state index in [-0.39, 0.29) is 6.04 Å². The zero-order chi connectivity index (χ0) is 15.4. The third-order valence-electron chi connectivity index (χ3n) is 3.72. The Morgan fingerprint density at radius 3 is 2.68 bits per heavy atom. The summed E-state index contributed by atoms with van der Waals surface area (Å²) in [6, 6.07) is 12.0. The van der Waals surface area contributed by atoms with E-state index in [2.05, 4.69) is 26.9 Å². The molecule has 0 aliphatic carbocycles. The second-order valence-corrected chi connectivity index (χ2v) is 5.26. The monoisotopic (exact) mass is 294 g/mol. The van der Waals surface area contributed by atoms with E-state index in [1.165, 1.54) is 0 Å². The summed E-state index contributed by atoms with van der Waals surface area (Å²) in [4.78, 5) is 10.6. The van der Waals surface area contributed by atoms with E-state index in [0.29, 0.717) is 6.54 Å². The van der Waals surface area contributed by atoms with Crippen molar-refractivity contribution < 1.29 is 4.52 Å². The summed E-state index contributed by atoms with van der Waals surface area (Å²) in [6.07, 6.45) is 5.31. The molecule has 1 atom stereocenters. The number of hydrogen-bond donors (Lipinski definition) is 0. The van der Waals surface area contributed by atoms with Gasteiger partial charge in [-0.3, -0.25) is 14.9 Å². The molecule has 0 aliphatic heterocycles. The minimum Gasteiger partial charge on any atom is -0.359 e. The van der Waals surface area contributed by atoms with Crippen LogP contribution in [0.15, 0.2) is 59.5 Å². The fourth-order valence-electron chi connectivity index (χ4n) is 2.28. The van der Waals surface area contributed by atoms with Gasteiger partial charge < -0.3 is 4.52 Å². The highest BCUT2D eigenvalue weighted by Crippen LogP contribution is 2.22. The first kappa shape index (κ1) is 14.4. The molecule has 0 saturated carbocycles. The van der Waals surface area contributed by atoms with Crippen LogP contribution >= 0.6 is 0 Å². The Bertz CT molecular complexity index is 712. The standard InChI is InChI=1S/C17H18N4O/c1-13(16-5-3-4-8-19-16)21(2)12-15-11-17(20-22-15)14-6-9-18-10-7-14/h3-11,13H,12H2,1-2H3/t13-/m1/s1. The maximum atomic E-state index is 5.44. The van der Waals surface area contributed by atoms with E-state index < -0.39 is 0 Å². The molecule has 0 unspecified atom stereocenters. The number of aromatic nitrogens is 3. The third-order valence-corrected chi connectivity index (χ3v) is 3.72. The number of nitrogens with zero attached hydrogens (tertiary/aromatic N) is 4. The molecule has 22 heavy (non-hydrogen) atoms. The van der Waals surface area contributed by atoms with Gasteiger partial charge in [0.15, 0.2) is 5.76 Å². The van der Waals surface area contributed by atoms with Crippen LogP contribution in [0.1, 0.15) is 24.4 Å². The Balaban J connectivity index is 1.70. The van der Waals surface area contributed by atoms with Crippen molar-refractivity contribution in [3.05, 3.63) is 66.4 Å². The molecular weight excluding hydrogens is 276 g/mol. The predicted molar refractivity (Wildman–Crippen MR) is 83.9 cm³/mol. The van der Waals surface area contributed by atoms with Crippen molar-refractivity contribution >= 4 is 0 Å². The quantitative estimate of drug-likeness (QED) is 0.722. The highest BCUT2D eigenvalue weighted by atomic mass is 16.5. The van der Waals surface area contributed by atoms with Crippen LogP contribution in [0.5, 0.6) is 0 Å². The van der Waals surface area contributed by atoms with Crippen LogP contribution in [0.2, 0.25) is 0 Å². The first-order chi connectivity index (χ1) is 10.7. The molecule has 0 amide bonds. The van der Waals surface area contributed by atoms with Gasteiger partial charge >= 0.3 is 0 Å². The topological polar surface area (TPSA) is 55.1 Å². The molecule has 0 N–H and O–H groups in total. The molecule has 0 aliphatic rings. The Kier molecular flexibility index (Phi) is 4.25. The lowest BCUT2D eigenvalue weighted by molar-refractivity contribution is 0.218. The maximum absolute atomic E-state index is 5.44. The maximum Gasteiger partial charge on any atom is 0.151 e. The first-order valence-electron chi connectivity index (χ1n) is 7.21. The van der Waals surface area contributed by atoms with Crippen molar-refractivity contribution in [2.75, 3.05) is 7.05 Å². The lowest BCUT2D eigenvalue weighted by Gasteiger charge is -2.22. The largest absolute Gasteiger partial charge is 0.359 e. The van der Waals surface area contributed by atoms with Gasteiger partial charge in [0.25, 0.3) is 0 Å². The van der Waals surface area contributed by atoms with Gasteiger partial charge in [0.1, 0.15) is 5.69 Å². The lowest BCUT2D eigenvalue weighted by atomic mass is 10.1. The van der Waals surface area contributed by atoms with E-state index in [1.807, 2.05) is 49.6 Å². The van der Waals surface area contributed by atoms with Gasteiger partial charge in [0, 0.05) is 36.3 Å². The summed E-state index contributed by atoms with van der Waals surface area (Å²) in [6.45, 7) is 2.80. The van der Waals surface area contributed by atoms with Gasteiger partial charge in [-0.25, -0.2) is 0 Å². The normalized spacial score (nSPS) is 12.5. The van der Waals surface area contributed by atoms with Crippen LogP contribution in [0.3, 0.4) is 0 Å². The number of hydrogen-bond acceptors (Lipinski definition) is 5. The molecular formula is C17H18N4O. The van der Waals surface area contributed by atoms with Crippen LogP contribution in [-0.2, 0) is 6.54 Å². The second-order valence-electron chi connectivity index (χ2n) is 5.26. The molecule has 3 heterocycles. The molecule has 3 rings (SSSR count). The molecule has 0 radical (unpaired) electrons. The van der Waals surface area contributed by atoms with Crippen molar-refractivity contribution in [3.8, 4) is 11.3 Å². The van der Waals surface area contributed by atoms with E-state index in [0.717, 1.165) is 22.7 Å². The Morgan fingerprint density at radius 2 is 1.95 bits per heavy atom. The van der Waals surface area contributed by atoms with E-state index >= 15 is 0 Å². The van der Waals surface area contributed by atoms with Gasteiger partial charge in [-0.15, -0.1) is 0 Å². The lowest BCUT2D eigenvalue weighted by Crippen LogP contribution is -2.22. The summed E-state index contributed by atoms with van der Waals surface area (Å²) in [5, 5.41) is 4.13. The summed E-state index contributed by atoms with van der Waals surface area (Å²) in [5.74, 6) is 0.831. The minimum absolute atomic E-state index is 0.204. The average molecular weight is 294 g/mol. The summed E-state index contributed by atoms with van der Waals surface area (Å²) in [5.41, 5.74) is 2.88. The van der Waals surface area contributed by atoms with Crippen molar-refractivity contribution in [2.45, 2.75) is 19.5 Å². The van der Waals surface area contributed by atoms with Crippen molar-refractivity contribution in [1.82, 2.24) is 20.0 Å². The molecule has 3 aromatic heterocycles. The third kappa shape index (κ3) is 3.20. The highest BCUT2D eigenvalue weighted by molar-refractivity contribution is 5.57. The fraction of sp³-hybridized carbons (Fsp3) is 0.235. The molecule has 5 nitrogen and oxygen atoms in total. The number of pyridine rings is 2. The summed E-state index contributed by atoms with van der Waals surface area (Å²) < 4.78 is 5.44. The molecule has 0 fully saturated rings. The molecule has 0 saturated heterocycles. The molecule has 5 heteroatoms. The van der Waals surface area contributed by atoms with E-state index in [4.69, 9.17) is 4.52 Å². The van der Waals surface area contributed by atoms with E-state index in [9.17, 15) is 0 Å². The van der Waals surface area contributed by atoms with Gasteiger partial charge in [-0.1, -0.05) is 11.2 Å². The molecule has 0 aromatic carbocycles. The van der Waals surface area contributed by atoms with Crippen LogP contribution < -0.4 is 0 Å². The smallest absolute Gasteiger partial charge is 0.151 e. The van der Waals surface area contributed by atoms with E-state index in [1.54, 1.807) is 12.4 Å². The van der Waals surface area contributed by atoms with Gasteiger partial charge in [0.2, 0.25) is 0 Å². The Morgan fingerprint density at radius 1 is 1.14 bits per heavy atom. The average Bonchev–Trinajstić information content (AvgIpc) is 3.04. The Labute approximate surface area is 129 Å². The summed E-state index contributed by atoms with van der Waals surface area (Å²) in [7, 11) is 2.05. The van der Waals surface area contributed by atoms with Gasteiger partial charge in [-0.2, -0.15) is 0 Å². The van der Waals surface area contributed by atoms with Crippen LogP contribution in [0.25, 0.3) is 11.3 Å². The predicted octanol–water partition coefficient (Wildman–Crippen LogP) is 3.32. The van der Waals surface area contributed by atoms with Gasteiger partial charge in [-0.05, 0) is 38.2 Å². The zero-order valence-corrected chi connectivity index (χ0v) is 12.7. The second kappa shape index (κ2) is 6.49. The van der Waals surface area contributed by atoms with Crippen molar-refractivity contribution in [2.24, 2.45) is 0 Å². The van der Waals surface area contributed by atoms with Crippen molar-refractivity contribution in [1.29, 1.82) is 0 Å². The fourth-order valence-corrected chi connectivity index (χ4v) is 2.28. The van der Waals surface area contributed by atoms with Crippen LogP contribution in [-0.4, -0.2) is 27.1 Å². The number of rotatable bonds is 5. The Hall–Kier alpha value is -2.53. The van der Waals surface area contributed by atoms with Crippen LogP contribution in [0, 0.1) is 0 Å². The summed E-state index contributed by atoms with van der Waals surface area (Å²) >= 11 is 0. The van der Waals surface area contributed by atoms with Crippen LogP contribution in [0.4, 0.5) is 0 Å². The molecule has 3 aromatic rings. The molecule has 112 valence electrons.